The third kappa shape index (κ3) is 6.29. The normalized spacial score (nSPS) is 14.9. The van der Waals surface area contributed by atoms with Crippen LogP contribution in [-0.2, 0) is 18.5 Å². The molecule has 4 rings (SSSR count). The van der Waals surface area contributed by atoms with Crippen LogP contribution >= 0.6 is 11.8 Å². The second-order valence-corrected chi connectivity index (χ2v) is 8.87. The number of furan rings is 1. The molecular formula is C23H24F3N5O2S. The molecule has 0 radical (unpaired) electrons. The second-order valence-electron chi connectivity index (χ2n) is 7.93. The predicted molar refractivity (Wildman–Crippen MR) is 123 cm³/mol. The number of hydrogen-bond acceptors (Lipinski definition) is 7. The van der Waals surface area contributed by atoms with Crippen molar-refractivity contribution in [2.75, 3.05) is 38.1 Å². The fourth-order valence-corrected chi connectivity index (χ4v) is 4.21. The largest absolute Gasteiger partial charge is 0.467 e. The van der Waals surface area contributed by atoms with Gasteiger partial charge in [-0.1, -0.05) is 23.9 Å². The third-order valence-corrected chi connectivity index (χ3v) is 6.32. The Morgan fingerprint density at radius 3 is 2.50 bits per heavy atom. The second kappa shape index (κ2) is 10.5. The summed E-state index contributed by atoms with van der Waals surface area (Å²) in [6, 6.07) is 11.4. The minimum Gasteiger partial charge on any atom is -0.467 e. The van der Waals surface area contributed by atoms with Crippen LogP contribution in [0.2, 0.25) is 0 Å². The van der Waals surface area contributed by atoms with E-state index in [2.05, 4.69) is 20.2 Å². The Balaban J connectivity index is 1.41. The van der Waals surface area contributed by atoms with Crippen molar-refractivity contribution < 1.29 is 22.4 Å². The van der Waals surface area contributed by atoms with Crippen molar-refractivity contribution in [3.63, 3.8) is 0 Å². The highest BCUT2D eigenvalue weighted by Crippen LogP contribution is 2.32. The lowest BCUT2D eigenvalue weighted by molar-refractivity contribution is -0.141. The molecule has 0 saturated carbocycles. The average Bonchev–Trinajstić information content (AvgIpc) is 3.35. The van der Waals surface area contributed by atoms with Crippen LogP contribution < -0.4 is 10.2 Å². The Kier molecular flexibility index (Phi) is 7.42. The number of piperazine rings is 1. The molecule has 11 heteroatoms. The van der Waals surface area contributed by atoms with Gasteiger partial charge in [0.15, 0.2) is 10.9 Å². The van der Waals surface area contributed by atoms with Gasteiger partial charge in [-0.3, -0.25) is 4.79 Å². The standard InChI is InChI=1S/C23H24F3N5O2S/c1-30-8-10-31(11-9-30)20-13-19(23(24,25)26)28-22(29-20)34-15-16-4-6-17(7-5-16)21(32)27-14-18-3-2-12-33-18/h2-7,12-13H,8-11,14-15H2,1H3,(H,27,32). The predicted octanol–water partition coefficient (Wildman–Crippen LogP) is 4.06. The Morgan fingerprint density at radius 2 is 1.85 bits per heavy atom. The summed E-state index contributed by atoms with van der Waals surface area (Å²) >= 11 is 1.13. The smallest absolute Gasteiger partial charge is 0.433 e. The number of amides is 1. The number of aromatic nitrogens is 2. The fourth-order valence-electron chi connectivity index (χ4n) is 3.40. The van der Waals surface area contributed by atoms with Gasteiger partial charge in [-0.25, -0.2) is 9.97 Å². The molecule has 1 amide bonds. The molecule has 1 saturated heterocycles. The number of hydrogen-bond donors (Lipinski definition) is 1. The molecule has 1 fully saturated rings. The maximum atomic E-state index is 13.4. The van der Waals surface area contributed by atoms with Crippen molar-refractivity contribution in [2.45, 2.75) is 23.6 Å². The first-order chi connectivity index (χ1) is 16.3. The number of thioether (sulfide) groups is 1. The van der Waals surface area contributed by atoms with Crippen molar-refractivity contribution in [2.24, 2.45) is 0 Å². The van der Waals surface area contributed by atoms with Gasteiger partial charge in [-0.15, -0.1) is 0 Å². The highest BCUT2D eigenvalue weighted by Gasteiger charge is 2.34. The molecule has 0 aliphatic carbocycles. The Bertz CT molecular complexity index is 1100. The molecule has 2 aromatic heterocycles. The number of halogens is 3. The first-order valence-corrected chi connectivity index (χ1v) is 11.7. The molecule has 1 N–H and O–H groups in total. The summed E-state index contributed by atoms with van der Waals surface area (Å²) in [6.45, 7) is 3.02. The number of carbonyl (C=O) groups is 1. The molecule has 1 aromatic carbocycles. The quantitative estimate of drug-likeness (QED) is 0.395. The molecular weight excluding hydrogens is 467 g/mol. The minimum absolute atomic E-state index is 0.0732. The Morgan fingerprint density at radius 1 is 1.12 bits per heavy atom. The zero-order chi connectivity index (χ0) is 24.1. The monoisotopic (exact) mass is 491 g/mol. The summed E-state index contributed by atoms with van der Waals surface area (Å²) in [7, 11) is 1.98. The van der Waals surface area contributed by atoms with E-state index in [1.165, 1.54) is 6.26 Å². The van der Waals surface area contributed by atoms with E-state index in [0.717, 1.165) is 36.5 Å². The molecule has 0 atom stereocenters. The first kappa shape index (κ1) is 24.1. The lowest BCUT2D eigenvalue weighted by Crippen LogP contribution is -2.45. The number of anilines is 1. The van der Waals surface area contributed by atoms with Gasteiger partial charge in [-0.05, 0) is 36.9 Å². The zero-order valence-electron chi connectivity index (χ0n) is 18.5. The maximum absolute atomic E-state index is 13.4. The molecule has 34 heavy (non-hydrogen) atoms. The average molecular weight is 492 g/mol. The summed E-state index contributed by atoms with van der Waals surface area (Å²) in [6.07, 6.45) is -3.01. The number of alkyl halides is 3. The van der Waals surface area contributed by atoms with Crippen molar-refractivity contribution >= 4 is 23.5 Å². The van der Waals surface area contributed by atoms with E-state index >= 15 is 0 Å². The van der Waals surface area contributed by atoms with Crippen molar-refractivity contribution in [1.29, 1.82) is 0 Å². The highest BCUT2D eigenvalue weighted by atomic mass is 32.2. The van der Waals surface area contributed by atoms with Gasteiger partial charge in [0.25, 0.3) is 5.91 Å². The number of nitrogens with zero attached hydrogens (tertiary/aromatic N) is 4. The molecule has 1 aliphatic rings. The fraction of sp³-hybridized carbons (Fsp3) is 0.348. The first-order valence-electron chi connectivity index (χ1n) is 10.7. The van der Waals surface area contributed by atoms with Gasteiger partial charge < -0.3 is 19.5 Å². The summed E-state index contributed by atoms with van der Waals surface area (Å²) in [5, 5.41) is 2.84. The number of likely N-dealkylation sites (N-methyl/N-ethyl adjacent to an activating group) is 1. The van der Waals surface area contributed by atoms with Gasteiger partial charge in [-0.2, -0.15) is 13.2 Å². The van der Waals surface area contributed by atoms with Crippen LogP contribution in [0.3, 0.4) is 0 Å². The van der Waals surface area contributed by atoms with E-state index in [1.807, 2.05) is 11.9 Å². The molecule has 0 unspecified atom stereocenters. The van der Waals surface area contributed by atoms with Crippen LogP contribution in [0.5, 0.6) is 0 Å². The number of rotatable bonds is 7. The molecule has 3 heterocycles. The highest BCUT2D eigenvalue weighted by molar-refractivity contribution is 7.98. The van der Waals surface area contributed by atoms with E-state index in [0.29, 0.717) is 36.0 Å². The molecule has 1 aliphatic heterocycles. The Hall–Kier alpha value is -3.05. The maximum Gasteiger partial charge on any atom is 0.433 e. The lowest BCUT2D eigenvalue weighted by Gasteiger charge is -2.33. The molecule has 7 nitrogen and oxygen atoms in total. The number of carbonyl (C=O) groups excluding carboxylic acids is 1. The third-order valence-electron chi connectivity index (χ3n) is 5.40. The summed E-state index contributed by atoms with van der Waals surface area (Å²) < 4.78 is 45.5. The van der Waals surface area contributed by atoms with Gasteiger partial charge >= 0.3 is 6.18 Å². The van der Waals surface area contributed by atoms with E-state index in [9.17, 15) is 18.0 Å². The topological polar surface area (TPSA) is 74.5 Å². The Labute approximate surface area is 199 Å². The SMILES string of the molecule is CN1CCN(c2cc(C(F)(F)F)nc(SCc3ccc(C(=O)NCc4ccco4)cc3)n2)CC1. The number of benzene rings is 1. The van der Waals surface area contributed by atoms with Crippen LogP contribution in [0, 0.1) is 0 Å². The summed E-state index contributed by atoms with van der Waals surface area (Å²) in [5.74, 6) is 1.08. The van der Waals surface area contributed by atoms with Crippen LogP contribution in [0.25, 0.3) is 0 Å². The van der Waals surface area contributed by atoms with E-state index in [1.54, 1.807) is 36.4 Å². The van der Waals surface area contributed by atoms with Crippen LogP contribution in [0.1, 0.15) is 27.4 Å². The van der Waals surface area contributed by atoms with Crippen molar-refractivity contribution in [3.05, 3.63) is 71.3 Å². The molecule has 180 valence electrons. The lowest BCUT2D eigenvalue weighted by atomic mass is 10.1. The summed E-state index contributed by atoms with van der Waals surface area (Å²) in [5.41, 5.74) is 0.380. The van der Waals surface area contributed by atoms with E-state index in [-0.39, 0.29) is 17.6 Å². The molecule has 0 spiro atoms. The number of nitrogens with one attached hydrogen (secondary N) is 1. The van der Waals surface area contributed by atoms with Gasteiger partial charge in [0.1, 0.15) is 11.6 Å². The van der Waals surface area contributed by atoms with Crippen LogP contribution in [0.15, 0.2) is 58.3 Å². The molecule has 0 bridgehead atoms. The van der Waals surface area contributed by atoms with Gasteiger partial charge in [0.05, 0.1) is 12.8 Å². The van der Waals surface area contributed by atoms with Crippen LogP contribution in [0.4, 0.5) is 19.0 Å². The van der Waals surface area contributed by atoms with Gasteiger partial charge in [0, 0.05) is 43.6 Å². The zero-order valence-corrected chi connectivity index (χ0v) is 19.3. The van der Waals surface area contributed by atoms with E-state index < -0.39 is 11.9 Å². The van der Waals surface area contributed by atoms with Crippen molar-refractivity contribution in [3.8, 4) is 0 Å². The van der Waals surface area contributed by atoms with Crippen LogP contribution in [-0.4, -0.2) is 54.0 Å². The van der Waals surface area contributed by atoms with Crippen molar-refractivity contribution in [1.82, 2.24) is 20.2 Å². The van der Waals surface area contributed by atoms with Gasteiger partial charge in [0.2, 0.25) is 0 Å². The summed E-state index contributed by atoms with van der Waals surface area (Å²) in [4.78, 5) is 24.4. The minimum atomic E-state index is -4.55. The van der Waals surface area contributed by atoms with E-state index in [4.69, 9.17) is 4.42 Å². The molecule has 3 aromatic rings.